The van der Waals surface area contributed by atoms with Crippen molar-refractivity contribution in [3.05, 3.63) is 21.9 Å². The molecule has 3 nitrogen and oxygen atoms in total. The van der Waals surface area contributed by atoms with E-state index in [0.29, 0.717) is 4.47 Å². The zero-order chi connectivity index (χ0) is 13.1. The minimum Gasteiger partial charge on any atom is -0.323 e. The molecule has 0 aliphatic carbocycles. The molecule has 1 heterocycles. The van der Waals surface area contributed by atoms with Gasteiger partial charge in [-0.2, -0.15) is 13.2 Å². The molecule has 1 amide bonds. The Bertz CT molecular complexity index is 425. The number of carbonyl (C=O) groups excluding carboxylic acids is 1. The predicted molar refractivity (Wildman–Crippen MR) is 60.9 cm³/mol. The number of halogens is 5. The summed E-state index contributed by atoms with van der Waals surface area (Å²) in [6.07, 6.45) is -4.76. The standard InChI is InChI=1S/C9H7BrClF3N2O/c10-5-3-6(8(11)15-4-5)16-7(17)1-2-9(12,13)14/h3-4H,1-2H2,(H,16,17). The topological polar surface area (TPSA) is 42.0 Å². The van der Waals surface area contributed by atoms with Crippen molar-refractivity contribution < 1.29 is 18.0 Å². The van der Waals surface area contributed by atoms with Gasteiger partial charge in [0.05, 0.1) is 12.1 Å². The van der Waals surface area contributed by atoms with Crippen molar-refractivity contribution in [2.24, 2.45) is 0 Å². The molecule has 0 unspecified atom stereocenters. The van der Waals surface area contributed by atoms with E-state index in [9.17, 15) is 18.0 Å². The highest BCUT2D eigenvalue weighted by Gasteiger charge is 2.28. The second-order valence-electron chi connectivity index (χ2n) is 3.16. The third-order valence-electron chi connectivity index (χ3n) is 1.72. The van der Waals surface area contributed by atoms with Crippen LogP contribution < -0.4 is 5.32 Å². The maximum absolute atomic E-state index is 11.9. The van der Waals surface area contributed by atoms with Crippen LogP contribution in [0, 0.1) is 0 Å². The first-order valence-corrected chi connectivity index (χ1v) is 5.62. The van der Waals surface area contributed by atoms with E-state index in [0.717, 1.165) is 0 Å². The number of hydrogen-bond donors (Lipinski definition) is 1. The van der Waals surface area contributed by atoms with Crippen LogP contribution in [-0.2, 0) is 4.79 Å². The zero-order valence-electron chi connectivity index (χ0n) is 8.31. The van der Waals surface area contributed by atoms with Crippen LogP contribution in [0.3, 0.4) is 0 Å². The molecule has 8 heteroatoms. The van der Waals surface area contributed by atoms with Gasteiger partial charge in [0.15, 0.2) is 5.15 Å². The van der Waals surface area contributed by atoms with Crippen LogP contribution in [0.25, 0.3) is 0 Å². The van der Waals surface area contributed by atoms with E-state index >= 15 is 0 Å². The lowest BCUT2D eigenvalue weighted by Crippen LogP contribution is -2.16. The first-order chi connectivity index (χ1) is 7.78. The van der Waals surface area contributed by atoms with Crippen LogP contribution in [0.2, 0.25) is 5.15 Å². The first kappa shape index (κ1) is 14.2. The van der Waals surface area contributed by atoms with Gasteiger partial charge in [0.1, 0.15) is 0 Å². The van der Waals surface area contributed by atoms with E-state index in [-0.39, 0.29) is 10.8 Å². The largest absolute Gasteiger partial charge is 0.389 e. The van der Waals surface area contributed by atoms with Gasteiger partial charge < -0.3 is 5.32 Å². The molecule has 0 saturated heterocycles. The number of aromatic nitrogens is 1. The average Bonchev–Trinajstić information content (AvgIpc) is 2.20. The van der Waals surface area contributed by atoms with Crippen molar-refractivity contribution in [3.8, 4) is 0 Å². The van der Waals surface area contributed by atoms with Crippen LogP contribution in [0.4, 0.5) is 18.9 Å². The van der Waals surface area contributed by atoms with Crippen LogP contribution in [0.15, 0.2) is 16.7 Å². The molecule has 0 aromatic carbocycles. The van der Waals surface area contributed by atoms with E-state index in [1.54, 1.807) is 0 Å². The lowest BCUT2D eigenvalue weighted by atomic mass is 10.3. The van der Waals surface area contributed by atoms with E-state index in [1.165, 1.54) is 12.3 Å². The van der Waals surface area contributed by atoms with Gasteiger partial charge in [0.2, 0.25) is 5.91 Å². The second-order valence-corrected chi connectivity index (χ2v) is 4.43. The molecule has 0 aliphatic heterocycles. The predicted octanol–water partition coefficient (Wildman–Crippen LogP) is 3.78. The number of alkyl halides is 3. The van der Waals surface area contributed by atoms with Crippen LogP contribution >= 0.6 is 27.5 Å². The van der Waals surface area contributed by atoms with Gasteiger partial charge in [0, 0.05) is 17.1 Å². The fourth-order valence-corrected chi connectivity index (χ4v) is 1.46. The Kier molecular flexibility index (Phi) is 4.76. The number of anilines is 1. The summed E-state index contributed by atoms with van der Waals surface area (Å²) in [4.78, 5) is 14.9. The number of rotatable bonds is 3. The Morgan fingerprint density at radius 2 is 2.18 bits per heavy atom. The third kappa shape index (κ3) is 5.36. The highest BCUT2D eigenvalue weighted by Crippen LogP contribution is 2.25. The minimum absolute atomic E-state index is 0.0218. The van der Waals surface area contributed by atoms with Crippen molar-refractivity contribution in [2.75, 3.05) is 5.32 Å². The number of pyridine rings is 1. The molecule has 1 aromatic heterocycles. The maximum atomic E-state index is 11.9. The van der Waals surface area contributed by atoms with Crippen molar-refractivity contribution in [2.45, 2.75) is 19.0 Å². The lowest BCUT2D eigenvalue weighted by molar-refractivity contribution is -0.142. The Morgan fingerprint density at radius 1 is 1.53 bits per heavy atom. The lowest BCUT2D eigenvalue weighted by Gasteiger charge is -2.08. The second kappa shape index (κ2) is 5.68. The highest BCUT2D eigenvalue weighted by atomic mass is 79.9. The molecule has 0 saturated carbocycles. The minimum atomic E-state index is -4.35. The molecular formula is C9H7BrClF3N2O. The number of carbonyl (C=O) groups is 1. The van der Waals surface area contributed by atoms with Crippen molar-refractivity contribution in [3.63, 3.8) is 0 Å². The average molecular weight is 332 g/mol. The van der Waals surface area contributed by atoms with Crippen LogP contribution in [0.1, 0.15) is 12.8 Å². The van der Waals surface area contributed by atoms with E-state index < -0.39 is 24.9 Å². The van der Waals surface area contributed by atoms with Gasteiger partial charge in [-0.25, -0.2) is 4.98 Å². The third-order valence-corrected chi connectivity index (χ3v) is 2.45. The van der Waals surface area contributed by atoms with Gasteiger partial charge in [-0.05, 0) is 22.0 Å². The summed E-state index contributed by atoms with van der Waals surface area (Å²) in [6.45, 7) is 0. The quantitative estimate of drug-likeness (QED) is 0.857. The van der Waals surface area contributed by atoms with E-state index in [1.807, 2.05) is 0 Å². The summed E-state index contributed by atoms with van der Waals surface area (Å²) in [7, 11) is 0. The highest BCUT2D eigenvalue weighted by molar-refractivity contribution is 9.10. The van der Waals surface area contributed by atoms with Crippen molar-refractivity contribution in [1.29, 1.82) is 0 Å². The summed E-state index contributed by atoms with van der Waals surface area (Å²) in [6, 6.07) is 1.46. The molecule has 1 N–H and O–H groups in total. The fraction of sp³-hybridized carbons (Fsp3) is 0.333. The van der Waals surface area contributed by atoms with Gasteiger partial charge in [-0.1, -0.05) is 11.6 Å². The van der Waals surface area contributed by atoms with Gasteiger partial charge in [-0.15, -0.1) is 0 Å². The molecule has 0 bridgehead atoms. The summed E-state index contributed by atoms with van der Waals surface area (Å²) in [5.74, 6) is -0.760. The molecule has 0 fully saturated rings. The Hall–Kier alpha value is -0.820. The first-order valence-electron chi connectivity index (χ1n) is 4.45. The molecule has 1 aromatic rings. The number of amides is 1. The normalized spacial score (nSPS) is 11.4. The van der Waals surface area contributed by atoms with Crippen LogP contribution in [-0.4, -0.2) is 17.1 Å². The van der Waals surface area contributed by atoms with Gasteiger partial charge in [-0.3, -0.25) is 4.79 Å². The van der Waals surface area contributed by atoms with Gasteiger partial charge >= 0.3 is 6.18 Å². The summed E-state index contributed by atoms with van der Waals surface area (Å²) in [5.41, 5.74) is 0.174. The molecule has 1 rings (SSSR count). The molecule has 0 atom stereocenters. The van der Waals surface area contributed by atoms with Crippen molar-refractivity contribution >= 4 is 39.1 Å². The molecular weight excluding hydrogens is 324 g/mol. The number of nitrogens with zero attached hydrogens (tertiary/aromatic N) is 1. The monoisotopic (exact) mass is 330 g/mol. The Morgan fingerprint density at radius 3 is 2.76 bits per heavy atom. The number of nitrogens with one attached hydrogen (secondary N) is 1. The molecule has 0 aliphatic rings. The Balaban J connectivity index is 2.59. The molecule has 94 valence electrons. The van der Waals surface area contributed by atoms with E-state index in [2.05, 4.69) is 26.2 Å². The number of hydrogen-bond acceptors (Lipinski definition) is 2. The SMILES string of the molecule is O=C(CCC(F)(F)F)Nc1cc(Br)cnc1Cl. The summed E-state index contributed by atoms with van der Waals surface area (Å²) >= 11 is 8.77. The zero-order valence-corrected chi connectivity index (χ0v) is 10.7. The van der Waals surface area contributed by atoms with Crippen LogP contribution in [0.5, 0.6) is 0 Å². The smallest absolute Gasteiger partial charge is 0.323 e. The van der Waals surface area contributed by atoms with Gasteiger partial charge in [0.25, 0.3) is 0 Å². The summed E-state index contributed by atoms with van der Waals surface area (Å²) < 4.78 is 36.2. The van der Waals surface area contributed by atoms with Crippen molar-refractivity contribution in [1.82, 2.24) is 4.98 Å². The Labute approximate surface area is 108 Å². The summed E-state index contributed by atoms with van der Waals surface area (Å²) in [5, 5.41) is 2.28. The molecule has 0 radical (unpaired) electrons. The molecule has 17 heavy (non-hydrogen) atoms. The fourth-order valence-electron chi connectivity index (χ4n) is 0.978. The maximum Gasteiger partial charge on any atom is 0.389 e. The van der Waals surface area contributed by atoms with E-state index in [4.69, 9.17) is 11.6 Å². The molecule has 0 spiro atoms.